The van der Waals surface area contributed by atoms with Crippen LogP contribution in [0.3, 0.4) is 0 Å². The predicted molar refractivity (Wildman–Crippen MR) is 86.5 cm³/mol. The SMILES string of the molecule is Cc1cc([C@@H]2CN(C(=O)Cc3c(C)noc3C)CCO2)nc(C)n1. The summed E-state index contributed by atoms with van der Waals surface area (Å²) < 4.78 is 11.0. The molecule has 1 amide bonds. The largest absolute Gasteiger partial charge is 0.368 e. The monoisotopic (exact) mass is 330 g/mol. The first-order valence-electron chi connectivity index (χ1n) is 8.07. The average Bonchev–Trinajstić information content (AvgIpc) is 2.86. The van der Waals surface area contributed by atoms with Gasteiger partial charge in [0, 0.05) is 17.8 Å². The predicted octanol–water partition coefficient (Wildman–Crippen LogP) is 1.84. The molecule has 2 aromatic heterocycles. The van der Waals surface area contributed by atoms with Gasteiger partial charge in [0.15, 0.2) is 0 Å². The third-order valence-electron chi connectivity index (χ3n) is 4.24. The van der Waals surface area contributed by atoms with Crippen molar-refractivity contribution >= 4 is 5.91 Å². The van der Waals surface area contributed by atoms with Crippen molar-refractivity contribution in [1.82, 2.24) is 20.0 Å². The van der Waals surface area contributed by atoms with Gasteiger partial charge in [-0.1, -0.05) is 5.16 Å². The summed E-state index contributed by atoms with van der Waals surface area (Å²) in [6.45, 7) is 9.06. The molecule has 2 aromatic rings. The fraction of sp³-hybridized carbons (Fsp3) is 0.529. The highest BCUT2D eigenvalue weighted by molar-refractivity contribution is 5.79. The molecule has 128 valence electrons. The standard InChI is InChI=1S/C17H22N4O3/c1-10-7-15(19-13(4)18-10)16-9-21(5-6-23-16)17(22)8-14-11(2)20-24-12(14)3/h7,16H,5-6,8-9H2,1-4H3/t16-/m0/s1. The van der Waals surface area contributed by atoms with E-state index in [2.05, 4.69) is 15.1 Å². The number of hydrogen-bond donors (Lipinski definition) is 0. The first-order chi connectivity index (χ1) is 11.4. The molecule has 1 atom stereocenters. The normalized spacial score (nSPS) is 18.0. The molecule has 7 nitrogen and oxygen atoms in total. The molecular formula is C17H22N4O3. The zero-order valence-corrected chi connectivity index (χ0v) is 14.5. The minimum Gasteiger partial charge on any atom is -0.368 e. The van der Waals surface area contributed by atoms with Gasteiger partial charge in [0.2, 0.25) is 5.91 Å². The Balaban J connectivity index is 1.72. The Hall–Kier alpha value is -2.28. The molecule has 0 radical (unpaired) electrons. The number of morpholine rings is 1. The van der Waals surface area contributed by atoms with Gasteiger partial charge in [0.05, 0.1) is 31.0 Å². The number of aryl methyl sites for hydroxylation is 4. The summed E-state index contributed by atoms with van der Waals surface area (Å²) in [5.41, 5.74) is 3.37. The maximum Gasteiger partial charge on any atom is 0.227 e. The van der Waals surface area contributed by atoms with Crippen LogP contribution in [0.2, 0.25) is 0 Å². The number of carbonyl (C=O) groups is 1. The van der Waals surface area contributed by atoms with Gasteiger partial charge in [-0.25, -0.2) is 9.97 Å². The van der Waals surface area contributed by atoms with Crippen molar-refractivity contribution in [2.75, 3.05) is 19.7 Å². The Labute approximate surface area is 141 Å². The fourth-order valence-corrected chi connectivity index (χ4v) is 2.98. The van der Waals surface area contributed by atoms with Crippen molar-refractivity contribution in [3.05, 3.63) is 40.3 Å². The van der Waals surface area contributed by atoms with Crippen molar-refractivity contribution in [3.8, 4) is 0 Å². The van der Waals surface area contributed by atoms with Crippen LogP contribution in [0.15, 0.2) is 10.6 Å². The first-order valence-corrected chi connectivity index (χ1v) is 8.07. The minimum absolute atomic E-state index is 0.0557. The van der Waals surface area contributed by atoms with E-state index in [-0.39, 0.29) is 12.0 Å². The van der Waals surface area contributed by atoms with Crippen LogP contribution in [0.25, 0.3) is 0 Å². The molecule has 24 heavy (non-hydrogen) atoms. The lowest BCUT2D eigenvalue weighted by Gasteiger charge is -2.33. The second kappa shape index (κ2) is 6.68. The molecular weight excluding hydrogens is 308 g/mol. The van der Waals surface area contributed by atoms with E-state index < -0.39 is 0 Å². The third kappa shape index (κ3) is 3.46. The molecule has 1 fully saturated rings. The lowest BCUT2D eigenvalue weighted by Crippen LogP contribution is -2.43. The summed E-state index contributed by atoms with van der Waals surface area (Å²) in [6, 6.07) is 1.92. The lowest BCUT2D eigenvalue weighted by molar-refractivity contribution is -0.138. The van der Waals surface area contributed by atoms with E-state index in [4.69, 9.17) is 9.26 Å². The molecule has 0 spiro atoms. The van der Waals surface area contributed by atoms with Crippen LogP contribution in [0.1, 0.15) is 40.3 Å². The number of aromatic nitrogens is 3. The van der Waals surface area contributed by atoms with Crippen molar-refractivity contribution in [2.24, 2.45) is 0 Å². The molecule has 0 saturated carbocycles. The van der Waals surface area contributed by atoms with Gasteiger partial charge in [-0.2, -0.15) is 0 Å². The zero-order valence-electron chi connectivity index (χ0n) is 14.5. The van der Waals surface area contributed by atoms with Gasteiger partial charge >= 0.3 is 0 Å². The first kappa shape index (κ1) is 16.6. The van der Waals surface area contributed by atoms with Gasteiger partial charge in [-0.3, -0.25) is 4.79 Å². The second-order valence-electron chi connectivity index (χ2n) is 6.16. The second-order valence-corrected chi connectivity index (χ2v) is 6.16. The fourth-order valence-electron chi connectivity index (χ4n) is 2.98. The van der Waals surface area contributed by atoms with Gasteiger partial charge in [0.1, 0.15) is 17.7 Å². The Bertz CT molecular complexity index is 717. The van der Waals surface area contributed by atoms with Crippen LogP contribution < -0.4 is 0 Å². The molecule has 1 saturated heterocycles. The number of nitrogens with zero attached hydrogens (tertiary/aromatic N) is 4. The van der Waals surface area contributed by atoms with Gasteiger partial charge in [-0.05, 0) is 33.8 Å². The number of carbonyl (C=O) groups excluding carboxylic acids is 1. The van der Waals surface area contributed by atoms with Gasteiger partial charge in [-0.15, -0.1) is 0 Å². The molecule has 1 aliphatic heterocycles. The maximum atomic E-state index is 12.6. The number of ether oxygens (including phenoxy) is 1. The van der Waals surface area contributed by atoms with E-state index in [1.807, 2.05) is 38.7 Å². The van der Waals surface area contributed by atoms with Crippen LogP contribution in [0, 0.1) is 27.7 Å². The lowest BCUT2D eigenvalue weighted by atomic mass is 10.1. The molecule has 3 rings (SSSR count). The van der Waals surface area contributed by atoms with E-state index in [0.29, 0.717) is 37.7 Å². The summed E-state index contributed by atoms with van der Waals surface area (Å²) in [5, 5.41) is 3.91. The highest BCUT2D eigenvalue weighted by Gasteiger charge is 2.27. The van der Waals surface area contributed by atoms with E-state index in [9.17, 15) is 4.79 Å². The zero-order chi connectivity index (χ0) is 17.3. The van der Waals surface area contributed by atoms with E-state index in [1.54, 1.807) is 0 Å². The highest BCUT2D eigenvalue weighted by atomic mass is 16.5. The highest BCUT2D eigenvalue weighted by Crippen LogP contribution is 2.22. The Morgan fingerprint density at radius 1 is 1.29 bits per heavy atom. The molecule has 0 aromatic carbocycles. The van der Waals surface area contributed by atoms with Crippen LogP contribution in [-0.4, -0.2) is 45.6 Å². The van der Waals surface area contributed by atoms with Crippen LogP contribution in [0.5, 0.6) is 0 Å². The van der Waals surface area contributed by atoms with Gasteiger partial charge < -0.3 is 14.2 Å². The summed E-state index contributed by atoms with van der Waals surface area (Å²) in [4.78, 5) is 23.2. The van der Waals surface area contributed by atoms with Crippen molar-refractivity contribution in [3.63, 3.8) is 0 Å². The van der Waals surface area contributed by atoms with Crippen LogP contribution in [0.4, 0.5) is 0 Å². The Morgan fingerprint density at radius 2 is 2.08 bits per heavy atom. The Kier molecular flexibility index (Phi) is 4.62. The minimum atomic E-state index is -0.215. The molecule has 0 bridgehead atoms. The molecule has 3 heterocycles. The van der Waals surface area contributed by atoms with E-state index >= 15 is 0 Å². The smallest absolute Gasteiger partial charge is 0.227 e. The van der Waals surface area contributed by atoms with Gasteiger partial charge in [0.25, 0.3) is 0 Å². The summed E-state index contributed by atoms with van der Waals surface area (Å²) >= 11 is 0. The number of hydrogen-bond acceptors (Lipinski definition) is 6. The van der Waals surface area contributed by atoms with Crippen LogP contribution in [-0.2, 0) is 16.0 Å². The van der Waals surface area contributed by atoms with E-state index in [1.165, 1.54) is 0 Å². The molecule has 1 aliphatic rings. The maximum absolute atomic E-state index is 12.6. The summed E-state index contributed by atoms with van der Waals surface area (Å²) in [6.07, 6.45) is 0.0863. The Morgan fingerprint density at radius 3 is 2.75 bits per heavy atom. The van der Waals surface area contributed by atoms with Crippen molar-refractivity contribution in [2.45, 2.75) is 40.2 Å². The van der Waals surface area contributed by atoms with Crippen LogP contribution >= 0.6 is 0 Å². The molecule has 0 N–H and O–H groups in total. The van der Waals surface area contributed by atoms with Crippen molar-refractivity contribution < 1.29 is 14.1 Å². The quantitative estimate of drug-likeness (QED) is 0.854. The summed E-state index contributed by atoms with van der Waals surface area (Å²) in [7, 11) is 0. The molecule has 0 aliphatic carbocycles. The molecule has 0 unspecified atom stereocenters. The topological polar surface area (TPSA) is 81.4 Å². The number of rotatable bonds is 3. The average molecular weight is 330 g/mol. The molecule has 7 heteroatoms. The summed E-state index contributed by atoms with van der Waals surface area (Å²) in [5.74, 6) is 1.47. The number of amides is 1. The third-order valence-corrected chi connectivity index (χ3v) is 4.24. The van der Waals surface area contributed by atoms with Crippen molar-refractivity contribution in [1.29, 1.82) is 0 Å². The van der Waals surface area contributed by atoms with E-state index in [0.717, 1.165) is 22.6 Å².